The van der Waals surface area contributed by atoms with Gasteiger partial charge >= 0.3 is 0 Å². The molecule has 3 nitrogen and oxygen atoms in total. The Kier molecular flexibility index (Phi) is 4.82. The molecule has 0 radical (unpaired) electrons. The standard InChI is InChI=1S/C14H23NO2/c1-5-16-11-6-8-12(9-7-11)17-13(10-15)14(2,3)4/h6-9,13H,5,10,15H2,1-4H3. The maximum absolute atomic E-state index is 5.88. The molecule has 1 rings (SSSR count). The van der Waals surface area contributed by atoms with Crippen molar-refractivity contribution in [1.82, 2.24) is 0 Å². The van der Waals surface area contributed by atoms with E-state index in [4.69, 9.17) is 15.2 Å². The van der Waals surface area contributed by atoms with Gasteiger partial charge in [-0.1, -0.05) is 20.8 Å². The zero-order chi connectivity index (χ0) is 12.9. The molecule has 1 aromatic carbocycles. The van der Waals surface area contributed by atoms with Gasteiger partial charge in [-0.2, -0.15) is 0 Å². The summed E-state index contributed by atoms with van der Waals surface area (Å²) in [5, 5.41) is 0. The van der Waals surface area contributed by atoms with Crippen molar-refractivity contribution in [2.45, 2.75) is 33.8 Å². The van der Waals surface area contributed by atoms with E-state index in [9.17, 15) is 0 Å². The molecule has 2 N–H and O–H groups in total. The molecule has 96 valence electrons. The molecule has 0 amide bonds. The van der Waals surface area contributed by atoms with Gasteiger partial charge in [0.25, 0.3) is 0 Å². The quantitative estimate of drug-likeness (QED) is 0.856. The molecule has 0 heterocycles. The van der Waals surface area contributed by atoms with Crippen molar-refractivity contribution >= 4 is 0 Å². The van der Waals surface area contributed by atoms with Gasteiger partial charge in [0.05, 0.1) is 6.61 Å². The molecule has 0 fully saturated rings. The molecule has 0 spiro atoms. The molecule has 1 aromatic rings. The molecule has 0 saturated heterocycles. The van der Waals surface area contributed by atoms with E-state index in [1.54, 1.807) is 0 Å². The zero-order valence-corrected chi connectivity index (χ0v) is 11.2. The SMILES string of the molecule is CCOc1ccc(OC(CN)C(C)(C)C)cc1. The Hall–Kier alpha value is -1.22. The predicted molar refractivity (Wildman–Crippen MR) is 70.5 cm³/mol. The first-order valence-electron chi connectivity index (χ1n) is 6.07. The first-order valence-corrected chi connectivity index (χ1v) is 6.07. The zero-order valence-electron chi connectivity index (χ0n) is 11.2. The molecule has 17 heavy (non-hydrogen) atoms. The molecule has 0 aliphatic rings. The van der Waals surface area contributed by atoms with Crippen LogP contribution in [0.5, 0.6) is 11.5 Å². The third-order valence-electron chi connectivity index (χ3n) is 2.59. The Morgan fingerprint density at radius 2 is 1.65 bits per heavy atom. The monoisotopic (exact) mass is 237 g/mol. The Labute approximate surface area is 104 Å². The molecular formula is C14H23NO2. The number of rotatable bonds is 5. The first-order chi connectivity index (χ1) is 7.97. The normalized spacial score (nSPS) is 13.2. The average molecular weight is 237 g/mol. The van der Waals surface area contributed by atoms with E-state index in [0.29, 0.717) is 13.2 Å². The Morgan fingerprint density at radius 3 is 2.06 bits per heavy atom. The second-order valence-electron chi connectivity index (χ2n) is 5.11. The Bertz CT molecular complexity index is 327. The highest BCUT2D eigenvalue weighted by Crippen LogP contribution is 2.25. The topological polar surface area (TPSA) is 44.5 Å². The predicted octanol–water partition coefficient (Wildman–Crippen LogP) is 2.84. The van der Waals surface area contributed by atoms with Crippen LogP contribution in [0.15, 0.2) is 24.3 Å². The molecule has 0 saturated carbocycles. The minimum absolute atomic E-state index is 0.0143. The third-order valence-corrected chi connectivity index (χ3v) is 2.59. The van der Waals surface area contributed by atoms with Crippen molar-refractivity contribution in [1.29, 1.82) is 0 Å². The van der Waals surface area contributed by atoms with Crippen LogP contribution in [0.2, 0.25) is 0 Å². The third kappa shape index (κ3) is 4.27. The molecular weight excluding hydrogens is 214 g/mol. The highest BCUT2D eigenvalue weighted by atomic mass is 16.5. The average Bonchev–Trinajstić information content (AvgIpc) is 2.27. The lowest BCUT2D eigenvalue weighted by atomic mass is 9.89. The van der Waals surface area contributed by atoms with Gasteiger partial charge in [0.15, 0.2) is 0 Å². The van der Waals surface area contributed by atoms with Crippen LogP contribution >= 0.6 is 0 Å². The van der Waals surface area contributed by atoms with Crippen molar-refractivity contribution in [2.75, 3.05) is 13.2 Å². The molecule has 0 aliphatic carbocycles. The summed E-state index contributed by atoms with van der Waals surface area (Å²) in [5.41, 5.74) is 5.77. The van der Waals surface area contributed by atoms with Crippen molar-refractivity contribution in [3.8, 4) is 11.5 Å². The first kappa shape index (κ1) is 13.8. The smallest absolute Gasteiger partial charge is 0.120 e. The summed E-state index contributed by atoms with van der Waals surface area (Å²) in [6.45, 7) is 9.52. The Balaban J connectivity index is 2.67. The highest BCUT2D eigenvalue weighted by molar-refractivity contribution is 5.31. The van der Waals surface area contributed by atoms with Crippen LogP contribution in [-0.2, 0) is 0 Å². The fourth-order valence-corrected chi connectivity index (χ4v) is 1.52. The van der Waals surface area contributed by atoms with E-state index in [0.717, 1.165) is 11.5 Å². The number of benzene rings is 1. The highest BCUT2D eigenvalue weighted by Gasteiger charge is 2.24. The van der Waals surface area contributed by atoms with E-state index < -0.39 is 0 Å². The lowest BCUT2D eigenvalue weighted by Gasteiger charge is -2.30. The van der Waals surface area contributed by atoms with Gasteiger partial charge in [0.1, 0.15) is 17.6 Å². The summed E-state index contributed by atoms with van der Waals surface area (Å²) in [6.07, 6.45) is 0.0143. The number of ether oxygens (including phenoxy) is 2. The lowest BCUT2D eigenvalue weighted by Crippen LogP contribution is -2.38. The van der Waals surface area contributed by atoms with Crippen LogP contribution in [0.4, 0.5) is 0 Å². The van der Waals surface area contributed by atoms with Gasteiger partial charge in [-0.05, 0) is 31.2 Å². The minimum atomic E-state index is 0.0143. The van der Waals surface area contributed by atoms with Crippen molar-refractivity contribution < 1.29 is 9.47 Å². The van der Waals surface area contributed by atoms with Gasteiger partial charge < -0.3 is 15.2 Å². The van der Waals surface area contributed by atoms with E-state index in [2.05, 4.69) is 20.8 Å². The van der Waals surface area contributed by atoms with E-state index in [-0.39, 0.29) is 11.5 Å². The molecule has 3 heteroatoms. The lowest BCUT2D eigenvalue weighted by molar-refractivity contribution is 0.0941. The second-order valence-corrected chi connectivity index (χ2v) is 5.11. The van der Waals surface area contributed by atoms with Gasteiger partial charge in [-0.15, -0.1) is 0 Å². The van der Waals surface area contributed by atoms with Gasteiger partial charge in [-0.25, -0.2) is 0 Å². The summed E-state index contributed by atoms with van der Waals surface area (Å²) < 4.78 is 11.3. The van der Waals surface area contributed by atoms with Crippen molar-refractivity contribution in [3.63, 3.8) is 0 Å². The number of hydrogen-bond acceptors (Lipinski definition) is 3. The summed E-state index contributed by atoms with van der Waals surface area (Å²) in [4.78, 5) is 0. The molecule has 0 aliphatic heterocycles. The van der Waals surface area contributed by atoms with Crippen LogP contribution in [0.25, 0.3) is 0 Å². The van der Waals surface area contributed by atoms with Gasteiger partial charge in [0, 0.05) is 12.0 Å². The van der Waals surface area contributed by atoms with Crippen LogP contribution in [0, 0.1) is 5.41 Å². The molecule has 0 bridgehead atoms. The van der Waals surface area contributed by atoms with E-state index >= 15 is 0 Å². The molecule has 1 unspecified atom stereocenters. The summed E-state index contributed by atoms with van der Waals surface area (Å²) in [6, 6.07) is 7.66. The Morgan fingerprint density at radius 1 is 1.12 bits per heavy atom. The number of nitrogens with two attached hydrogens (primary N) is 1. The van der Waals surface area contributed by atoms with Gasteiger partial charge in [0.2, 0.25) is 0 Å². The van der Waals surface area contributed by atoms with Crippen LogP contribution in [0.1, 0.15) is 27.7 Å². The van der Waals surface area contributed by atoms with E-state index in [1.165, 1.54) is 0 Å². The maximum atomic E-state index is 5.88. The largest absolute Gasteiger partial charge is 0.494 e. The molecule has 1 atom stereocenters. The van der Waals surface area contributed by atoms with Crippen LogP contribution in [-0.4, -0.2) is 19.3 Å². The maximum Gasteiger partial charge on any atom is 0.120 e. The summed E-state index contributed by atoms with van der Waals surface area (Å²) in [7, 11) is 0. The second kappa shape index (κ2) is 5.92. The van der Waals surface area contributed by atoms with Crippen molar-refractivity contribution in [2.24, 2.45) is 11.1 Å². The summed E-state index contributed by atoms with van der Waals surface area (Å²) >= 11 is 0. The minimum Gasteiger partial charge on any atom is -0.494 e. The van der Waals surface area contributed by atoms with Gasteiger partial charge in [-0.3, -0.25) is 0 Å². The van der Waals surface area contributed by atoms with Crippen LogP contribution < -0.4 is 15.2 Å². The van der Waals surface area contributed by atoms with E-state index in [1.807, 2.05) is 31.2 Å². The fourth-order valence-electron chi connectivity index (χ4n) is 1.52. The van der Waals surface area contributed by atoms with Crippen molar-refractivity contribution in [3.05, 3.63) is 24.3 Å². The van der Waals surface area contributed by atoms with Crippen LogP contribution in [0.3, 0.4) is 0 Å². The fraction of sp³-hybridized carbons (Fsp3) is 0.571. The molecule has 0 aromatic heterocycles. The summed E-state index contributed by atoms with van der Waals surface area (Å²) in [5.74, 6) is 1.69. The number of hydrogen-bond donors (Lipinski definition) is 1.